The van der Waals surface area contributed by atoms with E-state index in [4.69, 9.17) is 0 Å². The summed E-state index contributed by atoms with van der Waals surface area (Å²) in [6.07, 6.45) is 0. The number of phenols is 3. The number of phenolic OH excluding ortho intramolecular Hbond substituents is 3. The molecule has 1 unspecified atom stereocenters. The highest BCUT2D eigenvalue weighted by Crippen LogP contribution is 2.37. The number of nitrogens with one attached hydrogen (secondary N) is 1. The lowest BCUT2D eigenvalue weighted by atomic mass is 10.1. The molecule has 4 heteroatoms. The SMILES string of the molecule is Cc1ccc(C(C)NCc2ccc(O)c(O)c2O)cc1. The molecule has 0 fully saturated rings. The van der Waals surface area contributed by atoms with Gasteiger partial charge >= 0.3 is 0 Å². The molecule has 0 saturated carbocycles. The van der Waals surface area contributed by atoms with Gasteiger partial charge < -0.3 is 20.6 Å². The highest BCUT2D eigenvalue weighted by Gasteiger charge is 2.12. The van der Waals surface area contributed by atoms with Crippen molar-refractivity contribution in [1.29, 1.82) is 0 Å². The third-order valence-electron chi connectivity index (χ3n) is 3.39. The Hall–Kier alpha value is -2.20. The van der Waals surface area contributed by atoms with E-state index in [0.29, 0.717) is 12.1 Å². The van der Waals surface area contributed by atoms with E-state index >= 15 is 0 Å². The van der Waals surface area contributed by atoms with Gasteiger partial charge in [-0.05, 0) is 25.5 Å². The van der Waals surface area contributed by atoms with Crippen LogP contribution in [0.5, 0.6) is 17.2 Å². The molecule has 0 aromatic heterocycles. The minimum Gasteiger partial charge on any atom is -0.504 e. The molecule has 2 rings (SSSR count). The van der Waals surface area contributed by atoms with Gasteiger partial charge in [-0.3, -0.25) is 0 Å². The lowest BCUT2D eigenvalue weighted by molar-refractivity contribution is 0.363. The fraction of sp³-hybridized carbons (Fsp3) is 0.250. The molecule has 0 heterocycles. The van der Waals surface area contributed by atoms with E-state index < -0.39 is 5.75 Å². The minimum atomic E-state index is -0.479. The number of rotatable bonds is 4. The Bertz CT molecular complexity index is 593. The normalized spacial score (nSPS) is 12.3. The summed E-state index contributed by atoms with van der Waals surface area (Å²) in [7, 11) is 0. The molecule has 0 aliphatic carbocycles. The molecule has 0 radical (unpaired) electrons. The molecule has 106 valence electrons. The Balaban J connectivity index is 2.05. The number of aryl methyl sites for hydroxylation is 1. The van der Waals surface area contributed by atoms with Crippen molar-refractivity contribution in [2.45, 2.75) is 26.4 Å². The van der Waals surface area contributed by atoms with Crippen LogP contribution in [-0.2, 0) is 6.54 Å². The van der Waals surface area contributed by atoms with Crippen molar-refractivity contribution in [2.24, 2.45) is 0 Å². The Morgan fingerprint density at radius 1 is 0.950 bits per heavy atom. The van der Waals surface area contributed by atoms with E-state index in [1.54, 1.807) is 6.07 Å². The quantitative estimate of drug-likeness (QED) is 0.646. The standard InChI is InChI=1S/C16H19NO3/c1-10-3-5-12(6-4-10)11(2)17-9-13-7-8-14(18)16(20)15(13)19/h3-8,11,17-20H,9H2,1-2H3. The summed E-state index contributed by atoms with van der Waals surface area (Å²) in [6.45, 7) is 4.47. The van der Waals surface area contributed by atoms with E-state index in [0.717, 1.165) is 5.56 Å². The molecule has 1 atom stereocenters. The van der Waals surface area contributed by atoms with Gasteiger partial charge in [-0.25, -0.2) is 0 Å². The van der Waals surface area contributed by atoms with Crippen molar-refractivity contribution in [1.82, 2.24) is 5.32 Å². The molecular weight excluding hydrogens is 254 g/mol. The Kier molecular flexibility index (Phi) is 4.15. The maximum atomic E-state index is 9.75. The molecule has 20 heavy (non-hydrogen) atoms. The van der Waals surface area contributed by atoms with Crippen LogP contribution in [0.1, 0.15) is 29.7 Å². The van der Waals surface area contributed by atoms with Gasteiger partial charge in [0.1, 0.15) is 0 Å². The Morgan fingerprint density at radius 3 is 2.25 bits per heavy atom. The molecule has 4 nitrogen and oxygen atoms in total. The third kappa shape index (κ3) is 3.03. The van der Waals surface area contributed by atoms with Crippen molar-refractivity contribution in [3.63, 3.8) is 0 Å². The van der Waals surface area contributed by atoms with Gasteiger partial charge in [0.15, 0.2) is 11.5 Å². The van der Waals surface area contributed by atoms with Crippen LogP contribution in [0.4, 0.5) is 0 Å². The van der Waals surface area contributed by atoms with Crippen molar-refractivity contribution < 1.29 is 15.3 Å². The van der Waals surface area contributed by atoms with E-state index in [-0.39, 0.29) is 17.5 Å². The summed E-state index contributed by atoms with van der Waals surface area (Å²) in [5.74, 6) is -1.08. The van der Waals surface area contributed by atoms with Crippen molar-refractivity contribution in [3.8, 4) is 17.2 Å². The highest BCUT2D eigenvalue weighted by molar-refractivity contribution is 5.53. The molecule has 0 bridgehead atoms. The second kappa shape index (κ2) is 5.84. The van der Waals surface area contributed by atoms with Gasteiger partial charge in [0.25, 0.3) is 0 Å². The lowest BCUT2D eigenvalue weighted by Gasteiger charge is -2.15. The number of hydrogen-bond donors (Lipinski definition) is 4. The largest absolute Gasteiger partial charge is 0.504 e. The average Bonchev–Trinajstić information content (AvgIpc) is 2.44. The Morgan fingerprint density at radius 2 is 1.60 bits per heavy atom. The smallest absolute Gasteiger partial charge is 0.200 e. The number of benzene rings is 2. The predicted octanol–water partition coefficient (Wildman–Crippen LogP) is 2.96. The molecule has 0 aliphatic rings. The number of aromatic hydroxyl groups is 3. The van der Waals surface area contributed by atoms with Crippen LogP contribution in [-0.4, -0.2) is 15.3 Å². The first kappa shape index (κ1) is 14.2. The zero-order valence-corrected chi connectivity index (χ0v) is 11.6. The molecule has 0 saturated heterocycles. The lowest BCUT2D eigenvalue weighted by Crippen LogP contribution is -2.18. The fourth-order valence-corrected chi connectivity index (χ4v) is 1.99. The monoisotopic (exact) mass is 273 g/mol. The average molecular weight is 273 g/mol. The zero-order chi connectivity index (χ0) is 14.7. The van der Waals surface area contributed by atoms with Crippen LogP contribution in [0.2, 0.25) is 0 Å². The van der Waals surface area contributed by atoms with Crippen LogP contribution in [0.25, 0.3) is 0 Å². The zero-order valence-electron chi connectivity index (χ0n) is 11.6. The highest BCUT2D eigenvalue weighted by atomic mass is 16.3. The van der Waals surface area contributed by atoms with Crippen LogP contribution >= 0.6 is 0 Å². The predicted molar refractivity (Wildman–Crippen MR) is 77.9 cm³/mol. The van der Waals surface area contributed by atoms with Gasteiger partial charge in [-0.15, -0.1) is 0 Å². The first-order chi connectivity index (χ1) is 9.49. The van der Waals surface area contributed by atoms with E-state index in [9.17, 15) is 15.3 Å². The summed E-state index contributed by atoms with van der Waals surface area (Å²) >= 11 is 0. The molecule has 4 N–H and O–H groups in total. The van der Waals surface area contributed by atoms with Gasteiger partial charge in [0.2, 0.25) is 5.75 Å². The van der Waals surface area contributed by atoms with Crippen molar-refractivity contribution >= 4 is 0 Å². The first-order valence-electron chi connectivity index (χ1n) is 6.51. The minimum absolute atomic E-state index is 0.117. The third-order valence-corrected chi connectivity index (χ3v) is 3.39. The summed E-state index contributed by atoms with van der Waals surface area (Å²) in [5, 5.41) is 31.8. The fourth-order valence-electron chi connectivity index (χ4n) is 1.99. The van der Waals surface area contributed by atoms with Gasteiger partial charge in [-0.1, -0.05) is 35.9 Å². The van der Waals surface area contributed by atoms with Crippen LogP contribution in [0, 0.1) is 6.92 Å². The maximum absolute atomic E-state index is 9.75. The molecule has 0 aliphatic heterocycles. The molecule has 0 amide bonds. The summed E-state index contributed by atoms with van der Waals surface area (Å²) in [4.78, 5) is 0. The molecule has 2 aromatic rings. The van der Waals surface area contributed by atoms with Crippen LogP contribution in [0.3, 0.4) is 0 Å². The van der Waals surface area contributed by atoms with Gasteiger partial charge in [0.05, 0.1) is 0 Å². The Labute approximate surface area is 118 Å². The first-order valence-corrected chi connectivity index (χ1v) is 6.51. The van der Waals surface area contributed by atoms with Gasteiger partial charge in [-0.2, -0.15) is 0 Å². The van der Waals surface area contributed by atoms with Crippen LogP contribution < -0.4 is 5.32 Å². The topological polar surface area (TPSA) is 72.7 Å². The summed E-state index contributed by atoms with van der Waals surface area (Å²) < 4.78 is 0. The van der Waals surface area contributed by atoms with Gasteiger partial charge in [0, 0.05) is 18.2 Å². The second-order valence-electron chi connectivity index (χ2n) is 4.95. The maximum Gasteiger partial charge on any atom is 0.200 e. The van der Waals surface area contributed by atoms with E-state index in [1.807, 2.05) is 13.8 Å². The van der Waals surface area contributed by atoms with E-state index in [1.165, 1.54) is 11.6 Å². The van der Waals surface area contributed by atoms with E-state index in [2.05, 4.69) is 29.6 Å². The van der Waals surface area contributed by atoms with Crippen LogP contribution in [0.15, 0.2) is 36.4 Å². The second-order valence-corrected chi connectivity index (χ2v) is 4.95. The molecule has 0 spiro atoms. The molecule has 2 aromatic carbocycles. The summed E-state index contributed by atoms with van der Waals surface area (Å²) in [6, 6.07) is 11.3. The van der Waals surface area contributed by atoms with Crippen molar-refractivity contribution in [2.75, 3.05) is 0 Å². The summed E-state index contributed by atoms with van der Waals surface area (Å²) in [5.41, 5.74) is 2.90. The molecular formula is C16H19NO3. The number of hydrogen-bond acceptors (Lipinski definition) is 4. The van der Waals surface area contributed by atoms with Crippen molar-refractivity contribution in [3.05, 3.63) is 53.1 Å².